The number of benzene rings is 2. The van der Waals surface area contributed by atoms with Crippen LogP contribution in [0.5, 0.6) is 0 Å². The quantitative estimate of drug-likeness (QED) is 0.681. The van der Waals surface area contributed by atoms with Crippen LogP contribution < -0.4 is 4.90 Å². The maximum atomic E-state index is 13.4. The van der Waals surface area contributed by atoms with Gasteiger partial charge in [0.25, 0.3) is 5.91 Å². The molecule has 4 rings (SSSR count). The van der Waals surface area contributed by atoms with Crippen molar-refractivity contribution in [1.29, 1.82) is 0 Å². The van der Waals surface area contributed by atoms with Crippen LogP contribution >= 0.6 is 0 Å². The minimum absolute atomic E-state index is 0.138. The average molecular weight is 390 g/mol. The molecule has 0 unspecified atom stereocenters. The Morgan fingerprint density at radius 2 is 1.72 bits per heavy atom. The molecule has 2 aromatic carbocycles. The van der Waals surface area contributed by atoms with Gasteiger partial charge in [0.05, 0.1) is 5.69 Å². The summed E-state index contributed by atoms with van der Waals surface area (Å²) in [6.45, 7) is 6.61. The van der Waals surface area contributed by atoms with Crippen LogP contribution in [0.1, 0.15) is 21.5 Å². The standard InChI is InChI=1S/C23H23FN4O/c1-16-6-7-20(17(2)14-16)21-8-9-22(26-25-21)27-10-12-28(13-11-27)23(29)18-4-3-5-19(24)15-18/h3-9,14-15H,10-13H2,1-2H3. The molecular weight excluding hydrogens is 367 g/mol. The lowest BCUT2D eigenvalue weighted by Gasteiger charge is -2.35. The second-order valence-electron chi connectivity index (χ2n) is 7.38. The number of aryl methyl sites for hydroxylation is 2. The molecule has 0 bridgehead atoms. The van der Waals surface area contributed by atoms with E-state index in [2.05, 4.69) is 47.1 Å². The summed E-state index contributed by atoms with van der Waals surface area (Å²) in [6, 6.07) is 16.1. The highest BCUT2D eigenvalue weighted by Gasteiger charge is 2.23. The first kappa shape index (κ1) is 19.1. The molecule has 5 nitrogen and oxygen atoms in total. The Morgan fingerprint density at radius 3 is 2.38 bits per heavy atom. The molecule has 0 saturated carbocycles. The number of aromatic nitrogens is 2. The Bertz CT molecular complexity index is 1030. The highest BCUT2D eigenvalue weighted by atomic mass is 19.1. The molecule has 0 atom stereocenters. The molecule has 3 aromatic rings. The van der Waals surface area contributed by atoms with E-state index in [1.807, 2.05) is 12.1 Å². The average Bonchev–Trinajstić information content (AvgIpc) is 2.74. The van der Waals surface area contributed by atoms with Crippen LogP contribution in [0, 0.1) is 19.7 Å². The summed E-state index contributed by atoms with van der Waals surface area (Å²) in [7, 11) is 0. The number of anilines is 1. The number of nitrogens with zero attached hydrogens (tertiary/aromatic N) is 4. The van der Waals surface area contributed by atoms with Gasteiger partial charge in [0, 0.05) is 37.3 Å². The van der Waals surface area contributed by atoms with Crippen LogP contribution in [-0.4, -0.2) is 47.2 Å². The molecule has 1 aliphatic heterocycles. The number of hydrogen-bond donors (Lipinski definition) is 0. The SMILES string of the molecule is Cc1ccc(-c2ccc(N3CCN(C(=O)c4cccc(F)c4)CC3)nn2)c(C)c1. The first-order valence-corrected chi connectivity index (χ1v) is 9.72. The Morgan fingerprint density at radius 1 is 0.931 bits per heavy atom. The number of carbonyl (C=O) groups is 1. The van der Waals surface area contributed by atoms with E-state index in [4.69, 9.17) is 0 Å². The zero-order valence-electron chi connectivity index (χ0n) is 16.6. The van der Waals surface area contributed by atoms with Crippen molar-refractivity contribution in [2.24, 2.45) is 0 Å². The maximum Gasteiger partial charge on any atom is 0.254 e. The lowest BCUT2D eigenvalue weighted by molar-refractivity contribution is 0.0746. The summed E-state index contributed by atoms with van der Waals surface area (Å²) in [5.41, 5.74) is 4.72. The highest BCUT2D eigenvalue weighted by Crippen LogP contribution is 2.23. The monoisotopic (exact) mass is 390 g/mol. The molecular formula is C23H23FN4O. The number of rotatable bonds is 3. The Labute approximate surface area is 169 Å². The van der Waals surface area contributed by atoms with E-state index in [0.29, 0.717) is 31.7 Å². The normalized spacial score (nSPS) is 14.2. The van der Waals surface area contributed by atoms with Crippen molar-refractivity contribution in [3.8, 4) is 11.3 Å². The van der Waals surface area contributed by atoms with Crippen molar-refractivity contribution >= 4 is 11.7 Å². The van der Waals surface area contributed by atoms with Gasteiger partial charge in [0.2, 0.25) is 0 Å². The molecule has 1 saturated heterocycles. The number of halogens is 1. The third kappa shape index (κ3) is 4.11. The van der Waals surface area contributed by atoms with Crippen molar-refractivity contribution in [3.05, 3.63) is 77.1 Å². The van der Waals surface area contributed by atoms with Gasteiger partial charge in [0.1, 0.15) is 5.82 Å². The topological polar surface area (TPSA) is 49.3 Å². The zero-order valence-corrected chi connectivity index (χ0v) is 16.6. The predicted molar refractivity (Wildman–Crippen MR) is 111 cm³/mol. The summed E-state index contributed by atoms with van der Waals surface area (Å²) in [5.74, 6) is 0.269. The molecule has 148 valence electrons. The number of carbonyl (C=O) groups excluding carboxylic acids is 1. The summed E-state index contributed by atoms with van der Waals surface area (Å²) in [4.78, 5) is 16.4. The lowest BCUT2D eigenvalue weighted by atomic mass is 10.0. The molecule has 6 heteroatoms. The van der Waals surface area contributed by atoms with Crippen molar-refractivity contribution in [2.75, 3.05) is 31.1 Å². The molecule has 1 fully saturated rings. The van der Waals surface area contributed by atoms with Gasteiger partial charge in [-0.05, 0) is 49.7 Å². The summed E-state index contributed by atoms with van der Waals surface area (Å²) in [5, 5.41) is 8.82. The van der Waals surface area contributed by atoms with Crippen molar-refractivity contribution < 1.29 is 9.18 Å². The third-order valence-corrected chi connectivity index (χ3v) is 5.27. The van der Waals surface area contributed by atoms with Crippen molar-refractivity contribution in [3.63, 3.8) is 0 Å². The summed E-state index contributed by atoms with van der Waals surface area (Å²) in [6.07, 6.45) is 0. The van der Waals surface area contributed by atoms with Gasteiger partial charge < -0.3 is 9.80 Å². The molecule has 1 aromatic heterocycles. The Kier molecular flexibility index (Phi) is 5.25. The van der Waals surface area contributed by atoms with Gasteiger partial charge in [0.15, 0.2) is 5.82 Å². The molecule has 1 aliphatic rings. The van der Waals surface area contributed by atoms with Crippen LogP contribution in [0.2, 0.25) is 0 Å². The fraction of sp³-hybridized carbons (Fsp3) is 0.261. The van der Waals surface area contributed by atoms with E-state index in [1.165, 1.54) is 23.3 Å². The van der Waals surface area contributed by atoms with E-state index in [-0.39, 0.29) is 5.91 Å². The maximum absolute atomic E-state index is 13.4. The summed E-state index contributed by atoms with van der Waals surface area (Å²) < 4.78 is 13.4. The van der Waals surface area contributed by atoms with E-state index in [9.17, 15) is 9.18 Å². The minimum Gasteiger partial charge on any atom is -0.352 e. The van der Waals surface area contributed by atoms with Gasteiger partial charge in [-0.2, -0.15) is 0 Å². The fourth-order valence-corrected chi connectivity index (χ4v) is 3.68. The molecule has 29 heavy (non-hydrogen) atoms. The van der Waals surface area contributed by atoms with E-state index in [0.717, 1.165) is 17.1 Å². The Balaban J connectivity index is 1.41. The van der Waals surface area contributed by atoms with Crippen molar-refractivity contribution in [2.45, 2.75) is 13.8 Å². The highest BCUT2D eigenvalue weighted by molar-refractivity contribution is 5.94. The largest absolute Gasteiger partial charge is 0.352 e. The third-order valence-electron chi connectivity index (χ3n) is 5.27. The number of hydrogen-bond acceptors (Lipinski definition) is 4. The van der Waals surface area contributed by atoms with Crippen LogP contribution in [0.4, 0.5) is 10.2 Å². The molecule has 1 amide bonds. The fourth-order valence-electron chi connectivity index (χ4n) is 3.68. The minimum atomic E-state index is -0.395. The Hall–Kier alpha value is -3.28. The van der Waals surface area contributed by atoms with Crippen LogP contribution in [0.25, 0.3) is 11.3 Å². The predicted octanol–water partition coefficient (Wildman–Crippen LogP) is 3.86. The molecule has 0 spiro atoms. The van der Waals surface area contributed by atoms with E-state index >= 15 is 0 Å². The van der Waals surface area contributed by atoms with Crippen LogP contribution in [0.3, 0.4) is 0 Å². The second kappa shape index (κ2) is 7.99. The first-order chi connectivity index (χ1) is 14.0. The van der Waals surface area contributed by atoms with Gasteiger partial charge >= 0.3 is 0 Å². The van der Waals surface area contributed by atoms with E-state index in [1.54, 1.807) is 17.0 Å². The second-order valence-corrected chi connectivity index (χ2v) is 7.38. The number of amides is 1. The van der Waals surface area contributed by atoms with Crippen molar-refractivity contribution in [1.82, 2.24) is 15.1 Å². The van der Waals surface area contributed by atoms with Gasteiger partial charge in [-0.3, -0.25) is 4.79 Å². The van der Waals surface area contributed by atoms with Gasteiger partial charge in [-0.25, -0.2) is 4.39 Å². The molecule has 0 radical (unpaired) electrons. The smallest absolute Gasteiger partial charge is 0.254 e. The zero-order chi connectivity index (χ0) is 20.4. The molecule has 0 aliphatic carbocycles. The van der Waals surface area contributed by atoms with Gasteiger partial charge in [-0.15, -0.1) is 10.2 Å². The van der Waals surface area contributed by atoms with Gasteiger partial charge in [-0.1, -0.05) is 29.8 Å². The lowest BCUT2D eigenvalue weighted by Crippen LogP contribution is -2.49. The molecule has 0 N–H and O–H groups in total. The summed E-state index contributed by atoms with van der Waals surface area (Å²) >= 11 is 0. The van der Waals surface area contributed by atoms with E-state index < -0.39 is 5.82 Å². The molecule has 2 heterocycles. The van der Waals surface area contributed by atoms with Crippen LogP contribution in [-0.2, 0) is 0 Å². The van der Waals surface area contributed by atoms with Crippen LogP contribution in [0.15, 0.2) is 54.6 Å². The number of piperazine rings is 1. The first-order valence-electron chi connectivity index (χ1n) is 9.72.